The summed E-state index contributed by atoms with van der Waals surface area (Å²) in [6.07, 6.45) is 2.25. The number of amides is 2. The van der Waals surface area contributed by atoms with Gasteiger partial charge in [0.15, 0.2) is 5.96 Å². The van der Waals surface area contributed by atoms with E-state index < -0.39 is 12.0 Å². The molecule has 1 aromatic heterocycles. The Hall–Kier alpha value is -2.62. The average molecular weight is 436 g/mol. The molecule has 0 aromatic carbocycles. The van der Waals surface area contributed by atoms with E-state index in [1.165, 1.54) is 11.3 Å². The Morgan fingerprint density at radius 3 is 2.77 bits per heavy atom. The first-order chi connectivity index (χ1) is 14.5. The van der Waals surface area contributed by atoms with E-state index in [9.17, 15) is 14.4 Å². The number of aliphatic carboxylic acids is 1. The molecule has 0 spiro atoms. The van der Waals surface area contributed by atoms with E-state index in [1.54, 1.807) is 0 Å². The Balaban J connectivity index is 1.38. The van der Waals surface area contributed by atoms with Gasteiger partial charge in [-0.15, -0.1) is 0 Å². The van der Waals surface area contributed by atoms with Gasteiger partial charge in [-0.2, -0.15) is 11.3 Å². The lowest BCUT2D eigenvalue weighted by Crippen LogP contribution is -2.44. The molecule has 2 aliphatic heterocycles. The minimum absolute atomic E-state index is 0.110. The van der Waals surface area contributed by atoms with Crippen molar-refractivity contribution >= 4 is 35.1 Å². The van der Waals surface area contributed by atoms with Crippen LogP contribution < -0.4 is 16.0 Å². The van der Waals surface area contributed by atoms with Crippen molar-refractivity contribution in [2.45, 2.75) is 38.1 Å². The second-order valence-electron chi connectivity index (χ2n) is 7.56. The number of hydrogen-bond acceptors (Lipinski definition) is 7. The van der Waals surface area contributed by atoms with Crippen LogP contribution in [0, 0.1) is 5.92 Å². The van der Waals surface area contributed by atoms with Crippen LogP contribution in [0.3, 0.4) is 0 Å². The summed E-state index contributed by atoms with van der Waals surface area (Å²) in [4.78, 5) is 42.3. The van der Waals surface area contributed by atoms with Crippen molar-refractivity contribution in [1.29, 1.82) is 0 Å². The molecule has 1 aromatic rings. The van der Waals surface area contributed by atoms with E-state index in [4.69, 9.17) is 5.11 Å². The number of guanidine groups is 1. The number of carbonyl (C=O) groups is 3. The fourth-order valence-corrected chi connectivity index (χ4v) is 4.42. The molecule has 1 unspecified atom stereocenters. The first kappa shape index (κ1) is 22.1. The largest absolute Gasteiger partial charge is 0.481 e. The van der Waals surface area contributed by atoms with Gasteiger partial charge in [0.1, 0.15) is 0 Å². The van der Waals surface area contributed by atoms with Crippen LogP contribution in [0.4, 0.5) is 0 Å². The highest BCUT2D eigenvalue weighted by molar-refractivity contribution is 7.08. The Morgan fingerprint density at radius 2 is 2.13 bits per heavy atom. The number of hydrogen-bond donors (Lipinski definition) is 4. The van der Waals surface area contributed by atoms with E-state index in [2.05, 4.69) is 20.9 Å². The molecule has 0 bridgehead atoms. The number of carbonyl (C=O) groups excluding carboxylic acids is 2. The monoisotopic (exact) mass is 435 g/mol. The highest BCUT2D eigenvalue weighted by atomic mass is 32.1. The fraction of sp³-hybridized carbons (Fsp3) is 0.600. The summed E-state index contributed by atoms with van der Waals surface area (Å²) in [5.41, 5.74) is 0.816. The van der Waals surface area contributed by atoms with Crippen LogP contribution in [0.1, 0.15) is 43.7 Å². The minimum Gasteiger partial charge on any atom is -0.481 e. The van der Waals surface area contributed by atoms with Crippen LogP contribution in [0.15, 0.2) is 21.8 Å². The SMILES string of the molecule is O=C(O)CC(NC(=O)C1CCN(C(=O)CCCNC2=NCCN2)CC1)c1ccsc1. The third kappa shape index (κ3) is 6.45. The van der Waals surface area contributed by atoms with Crippen molar-refractivity contribution in [1.82, 2.24) is 20.9 Å². The van der Waals surface area contributed by atoms with Crippen molar-refractivity contribution in [2.24, 2.45) is 10.9 Å². The minimum atomic E-state index is -0.947. The van der Waals surface area contributed by atoms with Gasteiger partial charge in [-0.05, 0) is 41.7 Å². The lowest BCUT2D eigenvalue weighted by atomic mass is 9.94. The summed E-state index contributed by atoms with van der Waals surface area (Å²) in [5, 5.41) is 22.1. The molecule has 3 rings (SSSR count). The molecule has 2 amide bonds. The fourth-order valence-electron chi connectivity index (χ4n) is 3.70. The highest BCUT2D eigenvalue weighted by Crippen LogP contribution is 2.23. The van der Waals surface area contributed by atoms with Crippen molar-refractivity contribution in [3.05, 3.63) is 22.4 Å². The second kappa shape index (κ2) is 11.0. The Kier molecular flexibility index (Phi) is 8.06. The maximum Gasteiger partial charge on any atom is 0.305 e. The van der Waals surface area contributed by atoms with Crippen LogP contribution in [-0.2, 0) is 14.4 Å². The number of carboxylic acids is 1. The van der Waals surface area contributed by atoms with E-state index in [1.807, 2.05) is 21.7 Å². The summed E-state index contributed by atoms with van der Waals surface area (Å²) in [6.45, 7) is 3.45. The van der Waals surface area contributed by atoms with Gasteiger partial charge in [-0.25, -0.2) is 0 Å². The molecule has 1 saturated heterocycles. The normalized spacial score (nSPS) is 17.7. The van der Waals surface area contributed by atoms with Gasteiger partial charge >= 0.3 is 5.97 Å². The molecule has 3 heterocycles. The van der Waals surface area contributed by atoms with E-state index >= 15 is 0 Å². The maximum atomic E-state index is 12.7. The molecule has 9 nitrogen and oxygen atoms in total. The first-order valence-electron chi connectivity index (χ1n) is 10.4. The smallest absolute Gasteiger partial charge is 0.305 e. The summed E-state index contributed by atoms with van der Waals surface area (Å²) >= 11 is 1.47. The third-order valence-corrected chi connectivity index (χ3v) is 6.09. The lowest BCUT2D eigenvalue weighted by molar-refractivity contribution is -0.139. The molecule has 2 aliphatic rings. The zero-order valence-corrected chi connectivity index (χ0v) is 17.7. The van der Waals surface area contributed by atoms with Crippen LogP contribution in [0.25, 0.3) is 0 Å². The summed E-state index contributed by atoms with van der Waals surface area (Å²) in [7, 11) is 0. The molecule has 1 fully saturated rings. The lowest BCUT2D eigenvalue weighted by Gasteiger charge is -2.32. The van der Waals surface area contributed by atoms with Crippen molar-refractivity contribution in [2.75, 3.05) is 32.7 Å². The topological polar surface area (TPSA) is 123 Å². The van der Waals surface area contributed by atoms with Gasteiger partial charge in [-0.3, -0.25) is 19.4 Å². The first-order valence-corrected chi connectivity index (χ1v) is 11.3. The molecule has 1 atom stereocenters. The number of likely N-dealkylation sites (tertiary alicyclic amines) is 1. The molecule has 0 saturated carbocycles. The predicted molar refractivity (Wildman–Crippen MR) is 114 cm³/mol. The summed E-state index contributed by atoms with van der Waals surface area (Å²) in [5.74, 6) is -0.361. The zero-order valence-electron chi connectivity index (χ0n) is 16.9. The van der Waals surface area contributed by atoms with Gasteiger partial charge in [0, 0.05) is 38.5 Å². The number of thiophene rings is 1. The molecule has 30 heavy (non-hydrogen) atoms. The molecule has 0 radical (unpaired) electrons. The van der Waals surface area contributed by atoms with Gasteiger partial charge in [0.25, 0.3) is 0 Å². The number of rotatable bonds is 9. The molecule has 4 N–H and O–H groups in total. The van der Waals surface area contributed by atoms with Crippen LogP contribution >= 0.6 is 11.3 Å². The molecule has 164 valence electrons. The van der Waals surface area contributed by atoms with Crippen LogP contribution in [0.5, 0.6) is 0 Å². The highest BCUT2D eigenvalue weighted by Gasteiger charge is 2.29. The Morgan fingerprint density at radius 1 is 1.33 bits per heavy atom. The number of aliphatic imine (C=N–C) groups is 1. The number of piperidine rings is 1. The Bertz CT molecular complexity index is 759. The van der Waals surface area contributed by atoms with Crippen LogP contribution in [-0.4, -0.2) is 66.5 Å². The van der Waals surface area contributed by atoms with Gasteiger partial charge in [0.05, 0.1) is 19.0 Å². The predicted octanol–water partition coefficient (Wildman–Crippen LogP) is 0.948. The summed E-state index contributed by atoms with van der Waals surface area (Å²) < 4.78 is 0. The number of nitrogens with zero attached hydrogens (tertiary/aromatic N) is 2. The van der Waals surface area contributed by atoms with Crippen molar-refractivity contribution < 1.29 is 19.5 Å². The number of carboxylic acid groups (broad SMARTS) is 1. The van der Waals surface area contributed by atoms with Gasteiger partial charge in [0.2, 0.25) is 11.8 Å². The molecule has 10 heteroatoms. The van der Waals surface area contributed by atoms with E-state index in [0.717, 1.165) is 31.0 Å². The molecular weight excluding hydrogens is 406 g/mol. The average Bonchev–Trinajstić information content (AvgIpc) is 3.44. The van der Waals surface area contributed by atoms with Gasteiger partial charge in [-0.1, -0.05) is 0 Å². The third-order valence-electron chi connectivity index (χ3n) is 5.39. The standard InChI is InChI=1S/C20H29N5O4S/c26-17(2-1-6-21-20-22-7-8-23-20)25-9-3-14(4-10-25)19(29)24-16(12-18(27)28)15-5-11-30-13-15/h5,11,13-14,16H,1-4,6-10,12H2,(H,24,29)(H,27,28)(H2,21,22,23). The van der Waals surface area contributed by atoms with E-state index in [0.29, 0.717) is 38.9 Å². The molecular formula is C20H29N5O4S. The Labute approximate surface area is 179 Å². The van der Waals surface area contributed by atoms with Crippen LogP contribution in [0.2, 0.25) is 0 Å². The van der Waals surface area contributed by atoms with Gasteiger partial charge < -0.3 is 26.0 Å². The summed E-state index contributed by atoms with van der Waals surface area (Å²) in [6, 6.07) is 1.32. The second-order valence-corrected chi connectivity index (χ2v) is 8.34. The number of nitrogens with one attached hydrogen (secondary N) is 3. The van der Waals surface area contributed by atoms with Crippen molar-refractivity contribution in [3.8, 4) is 0 Å². The van der Waals surface area contributed by atoms with E-state index in [-0.39, 0.29) is 24.2 Å². The maximum absolute atomic E-state index is 12.7. The van der Waals surface area contributed by atoms with Crippen molar-refractivity contribution in [3.63, 3.8) is 0 Å². The quantitative estimate of drug-likeness (QED) is 0.428. The zero-order chi connectivity index (χ0) is 21.3. The molecule has 0 aliphatic carbocycles.